The smallest absolute Gasteiger partial charge is 0.475 e. The number of hydrogen-bond donors (Lipinski definition) is 3. The van der Waals surface area contributed by atoms with Crippen LogP contribution >= 0.6 is 0 Å². The van der Waals surface area contributed by atoms with E-state index in [1.807, 2.05) is 4.90 Å². The molecule has 6 nitrogen and oxygen atoms in total. The number of nitrogens with one attached hydrogen (secondary N) is 2. The molecule has 3 rings (SSSR count). The Morgan fingerprint density at radius 2 is 1.79 bits per heavy atom. The van der Waals surface area contributed by atoms with E-state index in [2.05, 4.69) is 10.6 Å². The molecule has 0 bridgehead atoms. The van der Waals surface area contributed by atoms with Gasteiger partial charge in [-0.2, -0.15) is 13.2 Å². The number of likely N-dealkylation sites (tertiary alicyclic amines) is 1. The first-order valence-corrected chi connectivity index (χ1v) is 8.32. The Kier molecular flexibility index (Phi) is 5.95. The van der Waals surface area contributed by atoms with Crippen LogP contribution in [0.25, 0.3) is 0 Å². The number of aliphatic carboxylic acids is 1. The lowest BCUT2D eigenvalue weighted by Gasteiger charge is -2.45. The van der Waals surface area contributed by atoms with Gasteiger partial charge in [-0.05, 0) is 45.1 Å². The van der Waals surface area contributed by atoms with Gasteiger partial charge in [-0.1, -0.05) is 6.42 Å². The van der Waals surface area contributed by atoms with Crippen LogP contribution in [0.2, 0.25) is 0 Å². The SMILES string of the molecule is O=C(NC1CC1)N1CCCC2(CCCCN2)C1.O=C(O)C(F)(F)F. The molecule has 3 aliphatic rings. The van der Waals surface area contributed by atoms with Crippen LogP contribution in [0.4, 0.5) is 18.0 Å². The zero-order chi connectivity index (χ0) is 17.8. The van der Waals surface area contributed by atoms with E-state index in [1.165, 1.54) is 38.5 Å². The molecule has 9 heteroatoms. The normalized spacial score (nSPS) is 27.2. The van der Waals surface area contributed by atoms with Gasteiger partial charge in [-0.25, -0.2) is 9.59 Å². The highest BCUT2D eigenvalue weighted by Gasteiger charge is 2.39. The molecule has 3 fully saturated rings. The van der Waals surface area contributed by atoms with Crippen molar-refractivity contribution in [3.05, 3.63) is 0 Å². The maximum Gasteiger partial charge on any atom is 0.490 e. The fourth-order valence-electron chi connectivity index (χ4n) is 3.18. The van der Waals surface area contributed by atoms with Crippen molar-refractivity contribution in [3.8, 4) is 0 Å². The van der Waals surface area contributed by atoms with Crippen molar-refractivity contribution in [1.82, 2.24) is 15.5 Å². The van der Waals surface area contributed by atoms with E-state index in [1.54, 1.807) is 0 Å². The number of nitrogens with zero attached hydrogens (tertiary/aromatic N) is 1. The van der Waals surface area contributed by atoms with Crippen LogP contribution in [0.1, 0.15) is 44.9 Å². The lowest BCUT2D eigenvalue weighted by molar-refractivity contribution is -0.192. The lowest BCUT2D eigenvalue weighted by Crippen LogP contribution is -2.61. The molecule has 1 saturated carbocycles. The topological polar surface area (TPSA) is 81.7 Å². The second-order valence-electron chi connectivity index (χ2n) is 6.72. The van der Waals surface area contributed by atoms with Gasteiger partial charge in [0.1, 0.15) is 0 Å². The third-order valence-electron chi connectivity index (χ3n) is 4.59. The molecule has 0 aromatic heterocycles. The third kappa shape index (κ3) is 5.54. The third-order valence-corrected chi connectivity index (χ3v) is 4.59. The van der Waals surface area contributed by atoms with Gasteiger partial charge < -0.3 is 20.6 Å². The highest BCUT2D eigenvalue weighted by molar-refractivity contribution is 5.75. The van der Waals surface area contributed by atoms with Crippen molar-refractivity contribution in [2.24, 2.45) is 0 Å². The molecule has 1 unspecified atom stereocenters. The molecule has 2 heterocycles. The van der Waals surface area contributed by atoms with Gasteiger partial charge in [0.2, 0.25) is 0 Å². The standard InChI is InChI=1S/C13H23N3O.C2HF3O2/c17-12(15-11-4-5-11)16-9-3-7-13(10-16)6-1-2-8-14-13;3-2(4,5)1(6)7/h11,14H,1-10H2,(H,15,17);(H,6,7). The maximum atomic E-state index is 12.1. The van der Waals surface area contributed by atoms with E-state index in [0.717, 1.165) is 26.1 Å². The summed E-state index contributed by atoms with van der Waals surface area (Å²) < 4.78 is 31.7. The Labute approximate surface area is 138 Å². The van der Waals surface area contributed by atoms with E-state index in [4.69, 9.17) is 9.90 Å². The van der Waals surface area contributed by atoms with Crippen molar-refractivity contribution in [1.29, 1.82) is 0 Å². The van der Waals surface area contributed by atoms with Crippen LogP contribution in [0.15, 0.2) is 0 Å². The largest absolute Gasteiger partial charge is 0.490 e. The summed E-state index contributed by atoms with van der Waals surface area (Å²) in [6, 6.07) is 0.638. The summed E-state index contributed by atoms with van der Waals surface area (Å²) in [4.78, 5) is 23.0. The van der Waals surface area contributed by atoms with Gasteiger partial charge in [0.25, 0.3) is 0 Å². The zero-order valence-corrected chi connectivity index (χ0v) is 13.5. The number of carbonyl (C=O) groups excluding carboxylic acids is 1. The van der Waals surface area contributed by atoms with E-state index < -0.39 is 12.1 Å². The molecule has 138 valence electrons. The monoisotopic (exact) mass is 351 g/mol. The molecule has 2 aliphatic heterocycles. The molecule has 24 heavy (non-hydrogen) atoms. The molecule has 0 radical (unpaired) electrons. The Balaban J connectivity index is 0.000000256. The first-order valence-electron chi connectivity index (χ1n) is 8.32. The van der Waals surface area contributed by atoms with E-state index in [-0.39, 0.29) is 11.6 Å². The second-order valence-corrected chi connectivity index (χ2v) is 6.72. The Morgan fingerprint density at radius 1 is 1.17 bits per heavy atom. The van der Waals surface area contributed by atoms with Crippen LogP contribution in [-0.2, 0) is 4.79 Å². The first kappa shape index (κ1) is 18.8. The van der Waals surface area contributed by atoms with Crippen molar-refractivity contribution in [2.45, 2.75) is 62.7 Å². The number of carbonyl (C=O) groups is 2. The number of carboxylic acids is 1. The van der Waals surface area contributed by atoms with E-state index >= 15 is 0 Å². The fourth-order valence-corrected chi connectivity index (χ4v) is 3.18. The minimum absolute atomic E-state index is 0.166. The zero-order valence-electron chi connectivity index (χ0n) is 13.5. The molecule has 1 atom stereocenters. The quantitative estimate of drug-likeness (QED) is 0.676. The first-order chi connectivity index (χ1) is 11.2. The predicted molar refractivity (Wildman–Crippen MR) is 80.6 cm³/mol. The number of rotatable bonds is 1. The average Bonchev–Trinajstić information content (AvgIpc) is 3.32. The summed E-state index contributed by atoms with van der Waals surface area (Å²) in [5, 5.41) is 13.9. The van der Waals surface area contributed by atoms with Crippen LogP contribution in [0.5, 0.6) is 0 Å². The maximum absolute atomic E-state index is 12.1. The number of carboxylic acid groups (broad SMARTS) is 1. The number of alkyl halides is 3. The molecule has 1 aliphatic carbocycles. The van der Waals surface area contributed by atoms with Crippen molar-refractivity contribution >= 4 is 12.0 Å². The second kappa shape index (κ2) is 7.58. The Bertz CT molecular complexity index is 455. The highest BCUT2D eigenvalue weighted by Crippen LogP contribution is 2.29. The summed E-state index contributed by atoms with van der Waals surface area (Å²) in [7, 11) is 0. The summed E-state index contributed by atoms with van der Waals surface area (Å²) in [6.45, 7) is 2.96. The van der Waals surface area contributed by atoms with Crippen LogP contribution in [0.3, 0.4) is 0 Å². The minimum atomic E-state index is -5.08. The average molecular weight is 351 g/mol. The van der Waals surface area contributed by atoms with Crippen LogP contribution < -0.4 is 10.6 Å². The molecule has 1 spiro atoms. The van der Waals surface area contributed by atoms with Crippen LogP contribution in [0, 0.1) is 0 Å². The minimum Gasteiger partial charge on any atom is -0.475 e. The number of piperidine rings is 2. The summed E-state index contributed by atoms with van der Waals surface area (Å²) in [5.41, 5.74) is 0.234. The highest BCUT2D eigenvalue weighted by atomic mass is 19.4. The van der Waals surface area contributed by atoms with Gasteiger partial charge in [0, 0.05) is 24.7 Å². The predicted octanol–water partition coefficient (Wildman–Crippen LogP) is 2.10. The van der Waals surface area contributed by atoms with Gasteiger partial charge in [0.15, 0.2) is 0 Å². The summed E-state index contributed by atoms with van der Waals surface area (Å²) in [5.74, 6) is -2.76. The fraction of sp³-hybridized carbons (Fsp3) is 0.867. The van der Waals surface area contributed by atoms with Gasteiger partial charge >= 0.3 is 18.2 Å². The van der Waals surface area contributed by atoms with Crippen LogP contribution in [-0.4, -0.2) is 59.4 Å². The van der Waals surface area contributed by atoms with Gasteiger partial charge in [-0.3, -0.25) is 0 Å². The molecule has 0 aromatic carbocycles. The van der Waals surface area contributed by atoms with Gasteiger partial charge in [-0.15, -0.1) is 0 Å². The van der Waals surface area contributed by atoms with Gasteiger partial charge in [0.05, 0.1) is 0 Å². The summed E-state index contributed by atoms with van der Waals surface area (Å²) >= 11 is 0. The molecule has 0 aromatic rings. The van der Waals surface area contributed by atoms with Crippen molar-refractivity contribution in [3.63, 3.8) is 0 Å². The van der Waals surface area contributed by atoms with E-state index in [9.17, 15) is 18.0 Å². The number of halogens is 3. The number of amides is 2. The molecular weight excluding hydrogens is 327 g/mol. The van der Waals surface area contributed by atoms with E-state index in [0.29, 0.717) is 6.04 Å². The van der Waals surface area contributed by atoms with Crippen molar-refractivity contribution in [2.75, 3.05) is 19.6 Å². The Morgan fingerprint density at radius 3 is 2.29 bits per heavy atom. The molecule has 3 N–H and O–H groups in total. The number of urea groups is 1. The number of hydrogen-bond acceptors (Lipinski definition) is 3. The molecule has 2 amide bonds. The molecule has 2 saturated heterocycles. The van der Waals surface area contributed by atoms with Crippen molar-refractivity contribution < 1.29 is 27.9 Å². The lowest BCUT2D eigenvalue weighted by atomic mass is 9.82. The Hall–Kier alpha value is -1.51. The summed E-state index contributed by atoms with van der Waals surface area (Å²) in [6.07, 6.45) is 3.47. The molecular formula is C15H24F3N3O3.